The maximum atomic E-state index is 13.7. The molecule has 0 radical (unpaired) electrons. The Morgan fingerprint density at radius 2 is 1.28 bits per heavy atom. The standard InChI is InChI=1S/C16H29FO/c17-15-10-13-18-16(14-15)11-8-6-4-2-1-3-5-7-9-12-16/h15H,1-14H2. The van der Waals surface area contributed by atoms with Crippen molar-refractivity contribution in [3.8, 4) is 0 Å². The summed E-state index contributed by atoms with van der Waals surface area (Å²) >= 11 is 0. The Bertz CT molecular complexity index is 217. The summed E-state index contributed by atoms with van der Waals surface area (Å²) in [6, 6.07) is 0. The summed E-state index contributed by atoms with van der Waals surface area (Å²) in [5.74, 6) is 0. The quantitative estimate of drug-likeness (QED) is 0.580. The van der Waals surface area contributed by atoms with Gasteiger partial charge >= 0.3 is 0 Å². The van der Waals surface area contributed by atoms with Crippen LogP contribution in [0.2, 0.25) is 0 Å². The van der Waals surface area contributed by atoms with E-state index in [4.69, 9.17) is 4.74 Å². The lowest BCUT2D eigenvalue weighted by atomic mass is 9.82. The maximum absolute atomic E-state index is 13.7. The molecule has 1 unspecified atom stereocenters. The van der Waals surface area contributed by atoms with Gasteiger partial charge in [-0.1, -0.05) is 57.8 Å². The molecule has 2 aliphatic rings. The van der Waals surface area contributed by atoms with E-state index in [2.05, 4.69) is 0 Å². The summed E-state index contributed by atoms with van der Waals surface area (Å²) in [4.78, 5) is 0. The molecule has 1 aliphatic heterocycles. The van der Waals surface area contributed by atoms with E-state index in [9.17, 15) is 4.39 Å². The SMILES string of the molecule is FC1CCOC2(CCCCCCCCCCC2)C1. The number of ether oxygens (including phenoxy) is 1. The number of hydrogen-bond donors (Lipinski definition) is 0. The predicted octanol–water partition coefficient (Wildman–Crippen LogP) is 5.18. The third-order valence-electron chi connectivity index (χ3n) is 4.70. The van der Waals surface area contributed by atoms with Gasteiger partial charge in [0.05, 0.1) is 12.2 Å². The van der Waals surface area contributed by atoms with Crippen LogP contribution in [0.5, 0.6) is 0 Å². The average Bonchev–Trinajstić information content (AvgIpc) is 2.34. The Labute approximate surface area is 111 Å². The summed E-state index contributed by atoms with van der Waals surface area (Å²) in [7, 11) is 0. The van der Waals surface area contributed by atoms with Crippen LogP contribution < -0.4 is 0 Å². The second-order valence-electron chi connectivity index (χ2n) is 6.30. The minimum absolute atomic E-state index is 0.100. The number of hydrogen-bond acceptors (Lipinski definition) is 1. The van der Waals surface area contributed by atoms with Gasteiger partial charge in [0.15, 0.2) is 0 Å². The summed E-state index contributed by atoms with van der Waals surface area (Å²) in [5, 5.41) is 0. The molecule has 2 fully saturated rings. The minimum atomic E-state index is -0.619. The Morgan fingerprint density at radius 3 is 1.78 bits per heavy atom. The van der Waals surface area contributed by atoms with Gasteiger partial charge in [-0.25, -0.2) is 4.39 Å². The monoisotopic (exact) mass is 256 g/mol. The number of halogens is 1. The molecule has 1 heterocycles. The molecule has 1 spiro atoms. The van der Waals surface area contributed by atoms with E-state index in [0.29, 0.717) is 19.4 Å². The topological polar surface area (TPSA) is 9.23 Å². The van der Waals surface area contributed by atoms with E-state index in [0.717, 1.165) is 12.8 Å². The minimum Gasteiger partial charge on any atom is -0.375 e. The Balaban J connectivity index is 1.87. The molecule has 0 bridgehead atoms. The third-order valence-corrected chi connectivity index (χ3v) is 4.70. The average molecular weight is 256 g/mol. The van der Waals surface area contributed by atoms with Crippen LogP contribution in [-0.2, 0) is 4.74 Å². The van der Waals surface area contributed by atoms with Gasteiger partial charge in [-0.2, -0.15) is 0 Å². The van der Waals surface area contributed by atoms with Crippen molar-refractivity contribution >= 4 is 0 Å². The summed E-state index contributed by atoms with van der Waals surface area (Å²) in [6.45, 7) is 0.640. The number of alkyl halides is 1. The maximum Gasteiger partial charge on any atom is 0.105 e. The first-order valence-electron chi connectivity index (χ1n) is 8.09. The van der Waals surface area contributed by atoms with Gasteiger partial charge < -0.3 is 4.74 Å². The zero-order chi connectivity index (χ0) is 12.7. The van der Waals surface area contributed by atoms with Gasteiger partial charge in [-0.05, 0) is 12.8 Å². The Morgan fingerprint density at radius 1 is 0.778 bits per heavy atom. The van der Waals surface area contributed by atoms with E-state index >= 15 is 0 Å². The highest BCUT2D eigenvalue weighted by molar-refractivity contribution is 4.87. The summed E-state index contributed by atoms with van der Waals surface area (Å²) in [5.41, 5.74) is -0.100. The normalized spacial score (nSPS) is 31.5. The van der Waals surface area contributed by atoms with Crippen LogP contribution in [0.15, 0.2) is 0 Å². The Hall–Kier alpha value is -0.110. The molecule has 0 aromatic carbocycles. The number of rotatable bonds is 0. The molecule has 0 N–H and O–H groups in total. The lowest BCUT2D eigenvalue weighted by Crippen LogP contribution is -2.40. The van der Waals surface area contributed by atoms with E-state index in [-0.39, 0.29) is 5.60 Å². The van der Waals surface area contributed by atoms with Gasteiger partial charge in [0.2, 0.25) is 0 Å². The zero-order valence-electron chi connectivity index (χ0n) is 11.8. The molecule has 2 rings (SSSR count). The van der Waals surface area contributed by atoms with Crippen LogP contribution in [0.1, 0.15) is 83.5 Å². The fraction of sp³-hybridized carbons (Fsp3) is 1.00. The van der Waals surface area contributed by atoms with Crippen molar-refractivity contribution in [2.45, 2.75) is 95.2 Å². The smallest absolute Gasteiger partial charge is 0.105 e. The Kier molecular flexibility index (Phi) is 5.94. The van der Waals surface area contributed by atoms with E-state index in [1.807, 2.05) is 0 Å². The fourth-order valence-electron chi connectivity index (χ4n) is 3.57. The first-order chi connectivity index (χ1) is 8.81. The first kappa shape index (κ1) is 14.3. The van der Waals surface area contributed by atoms with Crippen molar-refractivity contribution in [3.63, 3.8) is 0 Å². The second kappa shape index (κ2) is 7.47. The predicted molar refractivity (Wildman–Crippen MR) is 73.6 cm³/mol. The lowest BCUT2D eigenvalue weighted by molar-refractivity contribution is -0.113. The highest BCUT2D eigenvalue weighted by Gasteiger charge is 2.36. The fourth-order valence-corrected chi connectivity index (χ4v) is 3.57. The highest BCUT2D eigenvalue weighted by Crippen LogP contribution is 2.36. The van der Waals surface area contributed by atoms with Crippen molar-refractivity contribution in [1.82, 2.24) is 0 Å². The van der Waals surface area contributed by atoms with Crippen molar-refractivity contribution in [3.05, 3.63) is 0 Å². The molecule has 1 nitrogen and oxygen atoms in total. The van der Waals surface area contributed by atoms with E-state index < -0.39 is 6.17 Å². The van der Waals surface area contributed by atoms with Gasteiger partial charge in [-0.3, -0.25) is 0 Å². The van der Waals surface area contributed by atoms with Gasteiger partial charge in [-0.15, -0.1) is 0 Å². The van der Waals surface area contributed by atoms with Crippen LogP contribution in [0, 0.1) is 0 Å². The van der Waals surface area contributed by atoms with Crippen LogP contribution in [0.25, 0.3) is 0 Å². The largest absolute Gasteiger partial charge is 0.375 e. The molecule has 1 atom stereocenters. The van der Waals surface area contributed by atoms with Gasteiger partial charge in [0.25, 0.3) is 0 Å². The van der Waals surface area contributed by atoms with Gasteiger partial charge in [0, 0.05) is 12.8 Å². The summed E-state index contributed by atoms with van der Waals surface area (Å²) in [6.07, 6.45) is 14.8. The van der Waals surface area contributed by atoms with Crippen LogP contribution in [0.4, 0.5) is 4.39 Å². The van der Waals surface area contributed by atoms with Crippen molar-refractivity contribution in [2.75, 3.05) is 6.61 Å². The molecule has 2 heteroatoms. The molecular formula is C16H29FO. The molecular weight excluding hydrogens is 227 g/mol. The molecule has 1 saturated carbocycles. The van der Waals surface area contributed by atoms with Crippen molar-refractivity contribution in [1.29, 1.82) is 0 Å². The van der Waals surface area contributed by atoms with Gasteiger partial charge in [0.1, 0.15) is 6.17 Å². The van der Waals surface area contributed by atoms with E-state index in [1.165, 1.54) is 57.8 Å². The molecule has 18 heavy (non-hydrogen) atoms. The molecule has 1 saturated heterocycles. The van der Waals surface area contributed by atoms with Crippen molar-refractivity contribution < 1.29 is 9.13 Å². The van der Waals surface area contributed by atoms with Crippen molar-refractivity contribution in [2.24, 2.45) is 0 Å². The molecule has 106 valence electrons. The molecule has 0 aromatic rings. The summed E-state index contributed by atoms with van der Waals surface area (Å²) < 4.78 is 19.7. The lowest BCUT2D eigenvalue weighted by Gasteiger charge is -2.39. The second-order valence-corrected chi connectivity index (χ2v) is 6.30. The van der Waals surface area contributed by atoms with E-state index in [1.54, 1.807) is 0 Å². The van der Waals surface area contributed by atoms with Crippen LogP contribution in [0.3, 0.4) is 0 Å². The molecule has 0 amide bonds. The zero-order valence-corrected chi connectivity index (χ0v) is 11.8. The molecule has 1 aliphatic carbocycles. The first-order valence-corrected chi connectivity index (χ1v) is 8.09. The van der Waals surface area contributed by atoms with Crippen LogP contribution >= 0.6 is 0 Å². The molecule has 0 aromatic heterocycles. The highest BCUT2D eigenvalue weighted by atomic mass is 19.1. The third kappa shape index (κ3) is 4.53. The van der Waals surface area contributed by atoms with Crippen LogP contribution in [-0.4, -0.2) is 18.4 Å².